The van der Waals surface area contributed by atoms with Crippen molar-refractivity contribution in [2.45, 2.75) is 19.8 Å². The molecule has 0 bridgehead atoms. The maximum atomic E-state index is 11.4. The molecule has 2 atom stereocenters. The van der Waals surface area contributed by atoms with Gasteiger partial charge in [0.05, 0.1) is 0 Å². The van der Waals surface area contributed by atoms with Gasteiger partial charge >= 0.3 is 0 Å². The van der Waals surface area contributed by atoms with E-state index in [0.29, 0.717) is 17.6 Å². The molecular formula is C9H17NO. The Morgan fingerprint density at radius 1 is 1.45 bits per heavy atom. The first kappa shape index (κ1) is 8.72. The first-order valence-electron chi connectivity index (χ1n) is 4.29. The van der Waals surface area contributed by atoms with Crippen molar-refractivity contribution in [2.24, 2.45) is 11.8 Å². The van der Waals surface area contributed by atoms with Crippen molar-refractivity contribution < 1.29 is 4.79 Å². The Kier molecular flexibility index (Phi) is 2.66. The van der Waals surface area contributed by atoms with Gasteiger partial charge in [-0.2, -0.15) is 0 Å². The van der Waals surface area contributed by atoms with Gasteiger partial charge in [0.15, 0.2) is 0 Å². The highest BCUT2D eigenvalue weighted by Crippen LogP contribution is 2.26. The van der Waals surface area contributed by atoms with E-state index in [1.165, 1.54) is 0 Å². The fraction of sp³-hybridized carbons (Fsp3) is 0.889. The molecule has 1 fully saturated rings. The number of rotatable bonds is 2. The van der Waals surface area contributed by atoms with E-state index in [0.717, 1.165) is 19.4 Å². The van der Waals surface area contributed by atoms with Gasteiger partial charge in [-0.3, -0.25) is 4.79 Å². The van der Waals surface area contributed by atoms with Crippen LogP contribution < -0.4 is 0 Å². The lowest BCUT2D eigenvalue weighted by Crippen LogP contribution is -2.25. The molecule has 2 nitrogen and oxygen atoms in total. The molecule has 0 aliphatic heterocycles. The number of carbonyl (C=O) groups is 1. The van der Waals surface area contributed by atoms with Gasteiger partial charge in [0.25, 0.3) is 0 Å². The summed E-state index contributed by atoms with van der Waals surface area (Å²) in [6.45, 7) is 2.97. The number of carbonyl (C=O) groups excluding carboxylic acids is 1. The Morgan fingerprint density at radius 3 is 2.45 bits per heavy atom. The maximum absolute atomic E-state index is 11.4. The standard InChI is InChI=1S/C9H17NO/c1-7-4-5-8(9(7)11)6-10(2)3/h7-8H,4-6H2,1-3H3. The zero-order chi connectivity index (χ0) is 8.43. The van der Waals surface area contributed by atoms with Crippen LogP contribution in [-0.2, 0) is 4.79 Å². The van der Waals surface area contributed by atoms with Crippen LogP contribution in [0.3, 0.4) is 0 Å². The minimum Gasteiger partial charge on any atom is -0.309 e. The minimum atomic E-state index is 0.319. The highest BCUT2D eigenvalue weighted by atomic mass is 16.1. The summed E-state index contributed by atoms with van der Waals surface area (Å²) in [7, 11) is 4.05. The van der Waals surface area contributed by atoms with E-state index in [-0.39, 0.29) is 0 Å². The summed E-state index contributed by atoms with van der Waals surface area (Å²) in [4.78, 5) is 13.5. The van der Waals surface area contributed by atoms with Gasteiger partial charge in [0, 0.05) is 18.4 Å². The predicted molar refractivity (Wildman–Crippen MR) is 45.4 cm³/mol. The quantitative estimate of drug-likeness (QED) is 0.596. The summed E-state index contributed by atoms with van der Waals surface area (Å²) in [5.41, 5.74) is 0. The molecule has 1 aliphatic carbocycles. The van der Waals surface area contributed by atoms with Crippen LogP contribution in [0.25, 0.3) is 0 Å². The normalized spacial score (nSPS) is 31.8. The smallest absolute Gasteiger partial charge is 0.140 e. The summed E-state index contributed by atoms with van der Waals surface area (Å²) < 4.78 is 0. The summed E-state index contributed by atoms with van der Waals surface area (Å²) in [6, 6.07) is 0. The van der Waals surface area contributed by atoms with Crippen LogP contribution in [0.4, 0.5) is 0 Å². The van der Waals surface area contributed by atoms with Gasteiger partial charge in [0.2, 0.25) is 0 Å². The number of nitrogens with zero attached hydrogens (tertiary/aromatic N) is 1. The molecule has 2 heteroatoms. The molecule has 0 N–H and O–H groups in total. The average molecular weight is 155 g/mol. The van der Waals surface area contributed by atoms with Crippen LogP contribution >= 0.6 is 0 Å². The average Bonchev–Trinajstić information content (AvgIpc) is 2.18. The van der Waals surface area contributed by atoms with E-state index in [1.807, 2.05) is 21.0 Å². The van der Waals surface area contributed by atoms with Gasteiger partial charge < -0.3 is 4.90 Å². The second-order valence-electron chi connectivity index (χ2n) is 3.84. The van der Waals surface area contributed by atoms with Gasteiger partial charge in [-0.05, 0) is 26.9 Å². The van der Waals surface area contributed by atoms with E-state index < -0.39 is 0 Å². The second-order valence-corrected chi connectivity index (χ2v) is 3.84. The zero-order valence-corrected chi connectivity index (χ0v) is 7.63. The van der Waals surface area contributed by atoms with E-state index in [2.05, 4.69) is 4.90 Å². The molecule has 0 heterocycles. The van der Waals surface area contributed by atoms with Gasteiger partial charge in [-0.1, -0.05) is 6.92 Å². The largest absolute Gasteiger partial charge is 0.309 e. The SMILES string of the molecule is CC1CCC(CN(C)C)C1=O. The van der Waals surface area contributed by atoms with Crippen molar-refractivity contribution in [2.75, 3.05) is 20.6 Å². The van der Waals surface area contributed by atoms with E-state index in [1.54, 1.807) is 0 Å². The number of hydrogen-bond acceptors (Lipinski definition) is 2. The van der Waals surface area contributed by atoms with Crippen molar-refractivity contribution in [1.29, 1.82) is 0 Å². The lowest BCUT2D eigenvalue weighted by Gasteiger charge is -2.14. The molecule has 0 radical (unpaired) electrons. The highest BCUT2D eigenvalue weighted by Gasteiger charge is 2.30. The van der Waals surface area contributed by atoms with Crippen LogP contribution in [0.2, 0.25) is 0 Å². The Morgan fingerprint density at radius 2 is 2.09 bits per heavy atom. The first-order valence-corrected chi connectivity index (χ1v) is 4.29. The van der Waals surface area contributed by atoms with Gasteiger partial charge in [0.1, 0.15) is 5.78 Å². The molecule has 0 aromatic carbocycles. The Balaban J connectivity index is 2.42. The molecule has 0 amide bonds. The maximum Gasteiger partial charge on any atom is 0.140 e. The highest BCUT2D eigenvalue weighted by molar-refractivity contribution is 5.85. The summed E-state index contributed by atoms with van der Waals surface area (Å²) in [5, 5.41) is 0. The zero-order valence-electron chi connectivity index (χ0n) is 7.63. The van der Waals surface area contributed by atoms with Crippen molar-refractivity contribution in [1.82, 2.24) is 4.90 Å². The molecule has 2 unspecified atom stereocenters. The summed E-state index contributed by atoms with van der Waals surface area (Å²) in [6.07, 6.45) is 2.19. The Hall–Kier alpha value is -0.370. The Labute approximate surface area is 68.6 Å². The molecule has 64 valence electrons. The fourth-order valence-corrected chi connectivity index (χ4v) is 1.76. The third-order valence-corrected chi connectivity index (χ3v) is 2.42. The topological polar surface area (TPSA) is 20.3 Å². The molecule has 1 aliphatic rings. The molecule has 11 heavy (non-hydrogen) atoms. The molecule has 0 spiro atoms. The fourth-order valence-electron chi connectivity index (χ4n) is 1.76. The molecule has 1 saturated carbocycles. The molecular weight excluding hydrogens is 138 g/mol. The first-order chi connectivity index (χ1) is 5.11. The molecule has 0 saturated heterocycles. The van der Waals surface area contributed by atoms with Crippen molar-refractivity contribution >= 4 is 5.78 Å². The van der Waals surface area contributed by atoms with Crippen molar-refractivity contribution in [3.63, 3.8) is 0 Å². The summed E-state index contributed by atoms with van der Waals surface area (Å²) in [5.74, 6) is 1.11. The number of Topliss-reactive ketones (excluding diaryl/α,β-unsaturated/α-hetero) is 1. The van der Waals surface area contributed by atoms with Crippen LogP contribution in [-0.4, -0.2) is 31.3 Å². The van der Waals surface area contributed by atoms with Crippen LogP contribution in [0, 0.1) is 11.8 Å². The van der Waals surface area contributed by atoms with Crippen LogP contribution in [0.15, 0.2) is 0 Å². The van der Waals surface area contributed by atoms with E-state index >= 15 is 0 Å². The van der Waals surface area contributed by atoms with Crippen LogP contribution in [0.1, 0.15) is 19.8 Å². The Bertz CT molecular complexity index is 154. The predicted octanol–water partition coefficient (Wildman–Crippen LogP) is 1.16. The second kappa shape index (κ2) is 3.35. The van der Waals surface area contributed by atoms with Crippen molar-refractivity contribution in [3.8, 4) is 0 Å². The lowest BCUT2D eigenvalue weighted by molar-refractivity contribution is -0.123. The van der Waals surface area contributed by atoms with Gasteiger partial charge in [-0.15, -0.1) is 0 Å². The van der Waals surface area contributed by atoms with Crippen molar-refractivity contribution in [3.05, 3.63) is 0 Å². The molecule has 0 aromatic rings. The lowest BCUT2D eigenvalue weighted by atomic mass is 10.0. The summed E-state index contributed by atoms with van der Waals surface area (Å²) >= 11 is 0. The monoisotopic (exact) mass is 155 g/mol. The third-order valence-electron chi connectivity index (χ3n) is 2.42. The minimum absolute atomic E-state index is 0.319. The number of ketones is 1. The van der Waals surface area contributed by atoms with E-state index in [4.69, 9.17) is 0 Å². The number of hydrogen-bond donors (Lipinski definition) is 0. The van der Waals surface area contributed by atoms with Gasteiger partial charge in [-0.25, -0.2) is 0 Å². The molecule has 1 rings (SSSR count). The molecule has 0 aromatic heterocycles. The van der Waals surface area contributed by atoms with E-state index in [9.17, 15) is 4.79 Å². The van der Waals surface area contributed by atoms with Crippen LogP contribution in [0.5, 0.6) is 0 Å². The third kappa shape index (κ3) is 2.03.